The highest BCUT2D eigenvalue weighted by molar-refractivity contribution is 5.78. The molecule has 0 spiro atoms. The van der Waals surface area contributed by atoms with Crippen LogP contribution in [0.25, 0.3) is 0 Å². The highest BCUT2D eigenvalue weighted by Crippen LogP contribution is 2.66. The van der Waals surface area contributed by atoms with Crippen LogP contribution in [0.5, 0.6) is 0 Å². The van der Waals surface area contributed by atoms with Crippen molar-refractivity contribution in [1.82, 2.24) is 0 Å². The molecule has 4 aliphatic carbocycles. The molecule has 0 aromatic rings. The van der Waals surface area contributed by atoms with Gasteiger partial charge in [0.2, 0.25) is 0 Å². The Labute approximate surface area is 135 Å². The largest absolute Gasteiger partial charge is 0.390 e. The van der Waals surface area contributed by atoms with Crippen molar-refractivity contribution in [2.24, 2.45) is 40.9 Å². The van der Waals surface area contributed by atoms with Gasteiger partial charge in [-0.3, -0.25) is 4.79 Å². The summed E-state index contributed by atoms with van der Waals surface area (Å²) in [5.74, 6) is 5.03. The van der Waals surface area contributed by atoms with Crippen molar-refractivity contribution in [3.63, 3.8) is 0 Å². The van der Waals surface area contributed by atoms with Crippen LogP contribution in [0.1, 0.15) is 72.1 Å². The van der Waals surface area contributed by atoms with Crippen LogP contribution in [-0.2, 0) is 4.79 Å². The molecule has 4 fully saturated rings. The fraction of sp³-hybridized carbons (Fsp3) is 0.950. The van der Waals surface area contributed by atoms with Crippen molar-refractivity contribution >= 4 is 5.78 Å². The second kappa shape index (κ2) is 4.82. The maximum absolute atomic E-state index is 12.0. The van der Waals surface area contributed by atoms with E-state index >= 15 is 0 Å². The average Bonchev–Trinajstić information content (AvgIpc) is 2.87. The lowest BCUT2D eigenvalue weighted by Crippen LogP contribution is -2.48. The van der Waals surface area contributed by atoms with Crippen LogP contribution in [0.15, 0.2) is 0 Å². The Morgan fingerprint density at radius 3 is 2.50 bits per heavy atom. The number of aliphatic hydroxyl groups is 1. The summed E-state index contributed by atoms with van der Waals surface area (Å²) in [6.45, 7) is 6.77. The number of carbonyl (C=O) groups is 1. The normalized spacial score (nSPS) is 57.9. The molecule has 22 heavy (non-hydrogen) atoms. The number of ketones is 1. The molecule has 0 amide bonds. The second-order valence-electron chi connectivity index (χ2n) is 9.53. The van der Waals surface area contributed by atoms with Crippen molar-refractivity contribution < 1.29 is 9.90 Å². The van der Waals surface area contributed by atoms with E-state index in [1.165, 1.54) is 25.7 Å². The first-order chi connectivity index (χ1) is 10.3. The van der Waals surface area contributed by atoms with E-state index in [1.807, 2.05) is 0 Å². The Kier molecular flexibility index (Phi) is 3.32. The first-order valence-electron chi connectivity index (χ1n) is 9.57. The Morgan fingerprint density at radius 2 is 1.73 bits per heavy atom. The molecule has 0 radical (unpaired) electrons. The fourth-order valence-corrected chi connectivity index (χ4v) is 7.26. The number of carbonyl (C=O) groups excluding carboxylic acids is 1. The van der Waals surface area contributed by atoms with E-state index in [4.69, 9.17) is 0 Å². The predicted octanol–water partition coefficient (Wildman–Crippen LogP) is 4.21. The van der Waals surface area contributed by atoms with E-state index in [-0.39, 0.29) is 5.41 Å². The standard InChI is InChI=1S/C20H32O2/c1-12-10-13(21)4-5-14-15-6-8-19(2)18(7-9-20(19,3)22)17(15)11-16(12)14/h12,14-18,22H,4-11H2,1-3H3/t12-,14-,15+,16-,17+,18-,19-,20-/m0/s1. The molecule has 1 N–H and O–H groups in total. The third kappa shape index (κ3) is 1.92. The molecule has 0 bridgehead atoms. The second-order valence-corrected chi connectivity index (χ2v) is 9.53. The van der Waals surface area contributed by atoms with Crippen LogP contribution >= 0.6 is 0 Å². The number of fused-ring (bicyclic) bond motifs is 5. The van der Waals surface area contributed by atoms with Crippen LogP contribution in [0.2, 0.25) is 0 Å². The minimum absolute atomic E-state index is 0.136. The van der Waals surface area contributed by atoms with E-state index in [1.54, 1.807) is 0 Å². The molecule has 0 saturated heterocycles. The van der Waals surface area contributed by atoms with Gasteiger partial charge in [-0.2, -0.15) is 0 Å². The van der Waals surface area contributed by atoms with Gasteiger partial charge in [0.15, 0.2) is 0 Å². The summed E-state index contributed by atoms with van der Waals surface area (Å²) in [5.41, 5.74) is -0.328. The van der Waals surface area contributed by atoms with Crippen molar-refractivity contribution in [2.75, 3.05) is 0 Å². The molecule has 8 atom stereocenters. The molecular formula is C20H32O2. The third-order valence-electron chi connectivity index (χ3n) is 8.74. The minimum Gasteiger partial charge on any atom is -0.390 e. The molecule has 0 aromatic heterocycles. The van der Waals surface area contributed by atoms with Crippen molar-refractivity contribution in [3.05, 3.63) is 0 Å². The van der Waals surface area contributed by atoms with Gasteiger partial charge in [0, 0.05) is 12.8 Å². The van der Waals surface area contributed by atoms with Gasteiger partial charge in [-0.1, -0.05) is 13.8 Å². The summed E-state index contributed by atoms with van der Waals surface area (Å²) in [6.07, 6.45) is 8.81. The molecule has 2 nitrogen and oxygen atoms in total. The maximum Gasteiger partial charge on any atom is 0.133 e. The first-order valence-corrected chi connectivity index (χ1v) is 9.57. The van der Waals surface area contributed by atoms with Gasteiger partial charge in [-0.25, -0.2) is 0 Å². The van der Waals surface area contributed by atoms with Gasteiger partial charge in [0.05, 0.1) is 5.60 Å². The molecule has 0 heterocycles. The molecule has 0 aliphatic heterocycles. The minimum atomic E-state index is -0.463. The Morgan fingerprint density at radius 1 is 1.00 bits per heavy atom. The lowest BCUT2D eigenvalue weighted by Gasteiger charge is -2.50. The zero-order valence-electron chi connectivity index (χ0n) is 14.5. The summed E-state index contributed by atoms with van der Waals surface area (Å²) in [6, 6.07) is 0. The lowest BCUT2D eigenvalue weighted by molar-refractivity contribution is -0.119. The number of rotatable bonds is 0. The van der Waals surface area contributed by atoms with Gasteiger partial charge < -0.3 is 5.11 Å². The Hall–Kier alpha value is -0.370. The predicted molar refractivity (Wildman–Crippen MR) is 87.3 cm³/mol. The van der Waals surface area contributed by atoms with Crippen molar-refractivity contribution in [2.45, 2.75) is 77.7 Å². The fourth-order valence-electron chi connectivity index (χ4n) is 7.26. The Balaban J connectivity index is 1.62. The zero-order chi connectivity index (χ0) is 15.7. The van der Waals surface area contributed by atoms with Gasteiger partial charge in [0.25, 0.3) is 0 Å². The summed E-state index contributed by atoms with van der Waals surface area (Å²) >= 11 is 0. The number of hydrogen-bond acceptors (Lipinski definition) is 2. The van der Waals surface area contributed by atoms with E-state index in [9.17, 15) is 9.90 Å². The Bertz CT molecular complexity index is 482. The molecule has 2 heteroatoms. The number of Topliss-reactive ketones (excluding diaryl/α,β-unsaturated/α-hetero) is 1. The summed E-state index contributed by atoms with van der Waals surface area (Å²) in [5, 5.41) is 10.9. The molecule has 4 rings (SSSR count). The maximum atomic E-state index is 12.0. The van der Waals surface area contributed by atoms with Crippen LogP contribution in [0.4, 0.5) is 0 Å². The smallest absolute Gasteiger partial charge is 0.133 e. The van der Waals surface area contributed by atoms with Crippen LogP contribution < -0.4 is 0 Å². The van der Waals surface area contributed by atoms with Crippen molar-refractivity contribution in [1.29, 1.82) is 0 Å². The lowest BCUT2D eigenvalue weighted by atomic mass is 9.57. The van der Waals surface area contributed by atoms with Gasteiger partial charge in [-0.05, 0) is 86.4 Å². The molecule has 0 unspecified atom stereocenters. The number of hydrogen-bond donors (Lipinski definition) is 1. The van der Waals surface area contributed by atoms with E-state index in [2.05, 4.69) is 20.8 Å². The molecule has 124 valence electrons. The molecular weight excluding hydrogens is 272 g/mol. The van der Waals surface area contributed by atoms with Gasteiger partial charge >= 0.3 is 0 Å². The van der Waals surface area contributed by atoms with Gasteiger partial charge in [0.1, 0.15) is 5.78 Å². The topological polar surface area (TPSA) is 37.3 Å². The van der Waals surface area contributed by atoms with Crippen LogP contribution in [0.3, 0.4) is 0 Å². The summed E-state index contributed by atoms with van der Waals surface area (Å²) in [4.78, 5) is 12.0. The summed E-state index contributed by atoms with van der Waals surface area (Å²) in [7, 11) is 0. The van der Waals surface area contributed by atoms with Crippen LogP contribution in [-0.4, -0.2) is 16.5 Å². The zero-order valence-corrected chi connectivity index (χ0v) is 14.5. The van der Waals surface area contributed by atoms with Crippen molar-refractivity contribution in [3.8, 4) is 0 Å². The van der Waals surface area contributed by atoms with E-state index in [0.29, 0.717) is 11.7 Å². The molecule has 0 aromatic carbocycles. The highest BCUT2D eigenvalue weighted by Gasteiger charge is 2.62. The average molecular weight is 304 g/mol. The SMILES string of the molecule is C[C@H]1CC(=O)CC[C@H]2[C@H]3CC[C@@]4(C)[C@@H](CC[C@]4(C)O)[C@@H]3C[C@H]21. The third-order valence-corrected chi connectivity index (χ3v) is 8.74. The van der Waals surface area contributed by atoms with Crippen LogP contribution in [0, 0.1) is 40.9 Å². The first kappa shape index (κ1) is 15.2. The highest BCUT2D eigenvalue weighted by atomic mass is 16.3. The molecule has 4 aliphatic rings. The molecule has 4 saturated carbocycles. The quantitative estimate of drug-likeness (QED) is 0.728. The van der Waals surface area contributed by atoms with E-state index in [0.717, 1.165) is 55.3 Å². The van der Waals surface area contributed by atoms with E-state index < -0.39 is 5.60 Å². The van der Waals surface area contributed by atoms with Gasteiger partial charge in [-0.15, -0.1) is 0 Å². The summed E-state index contributed by atoms with van der Waals surface area (Å²) < 4.78 is 0. The monoisotopic (exact) mass is 304 g/mol.